The van der Waals surface area contributed by atoms with Gasteiger partial charge < -0.3 is 0 Å². The van der Waals surface area contributed by atoms with E-state index < -0.39 is 0 Å². The van der Waals surface area contributed by atoms with Crippen LogP contribution in [0.1, 0.15) is 52.9 Å². The van der Waals surface area contributed by atoms with Gasteiger partial charge in [0, 0.05) is 12.3 Å². The van der Waals surface area contributed by atoms with Crippen molar-refractivity contribution in [1.29, 1.82) is 0 Å². The number of aromatic amines is 1. The second kappa shape index (κ2) is 3.22. The number of aryl methyl sites for hydroxylation is 1. The number of rotatable bonds is 0. The van der Waals surface area contributed by atoms with E-state index in [9.17, 15) is 4.91 Å². The molecule has 0 aliphatic heterocycles. The molecule has 1 heterocycles. The molecule has 0 aromatic carbocycles. The van der Waals surface area contributed by atoms with E-state index in [4.69, 9.17) is 0 Å². The topological polar surface area (TPSA) is 43.7 Å². The van der Waals surface area contributed by atoms with Crippen molar-refractivity contribution in [3.05, 3.63) is 16.3 Å². The first-order valence-electron chi connectivity index (χ1n) is 5.30. The van der Waals surface area contributed by atoms with Gasteiger partial charge in [-0.05, 0) is 30.5 Å². The van der Waals surface area contributed by atoms with Gasteiger partial charge in [0.05, 0.1) is 4.54 Å². The second-order valence-electron chi connectivity index (χ2n) is 6.09. The monoisotopic (exact) mass is 212 g/mol. The molecule has 0 saturated carbocycles. The highest BCUT2D eigenvalue weighted by Gasteiger charge is 2.33. The summed E-state index contributed by atoms with van der Waals surface area (Å²) in [7, 11) is 0. The molecule has 0 atom stereocenters. The SMILES string of the molecule is Cc1[nH]n(C(C)(C)C)[n+](=O)c1C(C)(C)C. The van der Waals surface area contributed by atoms with Crippen LogP contribution in [-0.4, -0.2) is 9.90 Å². The Morgan fingerprint density at radius 2 is 1.60 bits per heavy atom. The van der Waals surface area contributed by atoms with Gasteiger partial charge in [-0.1, -0.05) is 20.8 Å². The third kappa shape index (κ3) is 2.13. The highest BCUT2D eigenvalue weighted by molar-refractivity contribution is 5.11. The molecule has 0 spiro atoms. The summed E-state index contributed by atoms with van der Waals surface area (Å²) in [6.45, 7) is 14.1. The predicted molar refractivity (Wildman–Crippen MR) is 60.6 cm³/mol. The highest BCUT2D eigenvalue weighted by atomic mass is 16.3. The molecule has 1 aromatic heterocycles. The number of nitrogens with one attached hydrogen (secondary N) is 1. The first-order valence-corrected chi connectivity index (χ1v) is 5.30. The minimum Gasteiger partial charge on any atom is -0.171 e. The Kier molecular flexibility index (Phi) is 2.58. The lowest BCUT2D eigenvalue weighted by molar-refractivity contribution is -0.620. The van der Waals surface area contributed by atoms with E-state index in [1.54, 1.807) is 4.80 Å². The zero-order chi connectivity index (χ0) is 12.0. The van der Waals surface area contributed by atoms with Gasteiger partial charge in [-0.15, -0.1) is 0 Å². The fourth-order valence-corrected chi connectivity index (χ4v) is 1.79. The second-order valence-corrected chi connectivity index (χ2v) is 6.09. The quantitative estimate of drug-likeness (QED) is 0.657. The maximum Gasteiger partial charge on any atom is 0.227 e. The molecule has 1 N–H and O–H groups in total. The van der Waals surface area contributed by atoms with E-state index in [1.807, 2.05) is 48.5 Å². The highest BCUT2D eigenvalue weighted by Crippen LogP contribution is 2.21. The van der Waals surface area contributed by atoms with Crippen LogP contribution in [0, 0.1) is 11.8 Å². The van der Waals surface area contributed by atoms with Gasteiger partial charge in [-0.25, -0.2) is 0 Å². The molecular weight excluding hydrogens is 190 g/mol. The zero-order valence-corrected chi connectivity index (χ0v) is 10.8. The zero-order valence-electron chi connectivity index (χ0n) is 10.8. The Bertz CT molecular complexity index is 413. The summed E-state index contributed by atoms with van der Waals surface area (Å²) in [6.07, 6.45) is 0. The molecule has 0 aliphatic carbocycles. The first-order chi connectivity index (χ1) is 6.55. The molecule has 4 heteroatoms. The first kappa shape index (κ1) is 12.0. The molecule has 86 valence electrons. The Morgan fingerprint density at radius 3 is 1.80 bits per heavy atom. The van der Waals surface area contributed by atoms with E-state index in [-0.39, 0.29) is 11.0 Å². The van der Waals surface area contributed by atoms with Crippen LogP contribution in [-0.2, 0) is 11.0 Å². The van der Waals surface area contributed by atoms with Crippen molar-refractivity contribution in [1.82, 2.24) is 9.90 Å². The summed E-state index contributed by atoms with van der Waals surface area (Å²) >= 11 is 0. The molecule has 0 saturated heterocycles. The maximum absolute atomic E-state index is 12.1. The molecule has 1 rings (SSSR count). The van der Waals surface area contributed by atoms with Crippen LogP contribution >= 0.6 is 0 Å². The van der Waals surface area contributed by atoms with Gasteiger partial charge in [-0.2, -0.15) is 5.10 Å². The minimum atomic E-state index is -0.226. The summed E-state index contributed by atoms with van der Waals surface area (Å²) in [5.41, 5.74) is 1.37. The molecule has 0 amide bonds. The average Bonchev–Trinajstić information content (AvgIpc) is 2.22. The van der Waals surface area contributed by atoms with E-state index in [2.05, 4.69) is 5.10 Å². The standard InChI is InChI=1S/C11H22N3O/c1-8-9(10(2,3)4)13(15)14(12-8)11(5,6)7/h12H,1-7H3/q+1. The van der Waals surface area contributed by atoms with E-state index in [0.29, 0.717) is 0 Å². The number of H-pyrrole nitrogens is 1. The van der Waals surface area contributed by atoms with Crippen molar-refractivity contribution in [2.24, 2.45) is 0 Å². The van der Waals surface area contributed by atoms with Crippen LogP contribution in [0.3, 0.4) is 0 Å². The van der Waals surface area contributed by atoms with Gasteiger partial charge >= 0.3 is 0 Å². The fraction of sp³-hybridized carbons (Fsp3) is 0.818. The molecule has 0 aliphatic rings. The van der Waals surface area contributed by atoms with Crippen LogP contribution in [0.5, 0.6) is 0 Å². The normalized spacial score (nSPS) is 13.3. The van der Waals surface area contributed by atoms with Gasteiger partial charge in [0.2, 0.25) is 5.69 Å². The molecule has 1 aromatic rings. The third-order valence-corrected chi connectivity index (χ3v) is 2.35. The number of aromatic nitrogens is 3. The number of nitrogens with zero attached hydrogens (tertiary/aromatic N) is 2. The lowest BCUT2D eigenvalue weighted by atomic mass is 9.91. The molecular formula is C11H22N3O+. The Hall–Kier alpha value is -1.06. The van der Waals surface area contributed by atoms with Crippen LogP contribution in [0.15, 0.2) is 0 Å². The van der Waals surface area contributed by atoms with Gasteiger partial charge in [0.25, 0.3) is 0 Å². The summed E-state index contributed by atoms with van der Waals surface area (Å²) in [5, 5.41) is 3.13. The molecule has 0 unspecified atom stereocenters. The van der Waals surface area contributed by atoms with Crippen molar-refractivity contribution in [2.75, 3.05) is 0 Å². The molecule has 0 bridgehead atoms. The van der Waals surface area contributed by atoms with Crippen molar-refractivity contribution in [3.63, 3.8) is 0 Å². The summed E-state index contributed by atoms with van der Waals surface area (Å²) < 4.78 is 0.981. The molecule has 4 nitrogen and oxygen atoms in total. The van der Waals surface area contributed by atoms with E-state index in [1.165, 1.54) is 0 Å². The molecule has 0 fully saturated rings. The fourth-order valence-electron chi connectivity index (χ4n) is 1.79. The largest absolute Gasteiger partial charge is 0.227 e. The molecule has 0 radical (unpaired) electrons. The van der Waals surface area contributed by atoms with Crippen molar-refractivity contribution >= 4 is 0 Å². The van der Waals surface area contributed by atoms with Crippen molar-refractivity contribution < 1.29 is 4.54 Å². The van der Waals surface area contributed by atoms with E-state index in [0.717, 1.165) is 15.9 Å². The van der Waals surface area contributed by atoms with E-state index >= 15 is 0 Å². The average molecular weight is 212 g/mol. The van der Waals surface area contributed by atoms with Crippen LogP contribution in [0.2, 0.25) is 0 Å². The van der Waals surface area contributed by atoms with Crippen LogP contribution < -0.4 is 4.54 Å². The number of hydrogen-bond donors (Lipinski definition) is 1. The van der Waals surface area contributed by atoms with Gasteiger partial charge in [-0.3, -0.25) is 0 Å². The third-order valence-electron chi connectivity index (χ3n) is 2.35. The predicted octanol–water partition coefficient (Wildman–Crippen LogP) is 2.09. The smallest absolute Gasteiger partial charge is 0.171 e. The lowest BCUT2D eigenvalue weighted by Gasteiger charge is -2.13. The van der Waals surface area contributed by atoms with Crippen LogP contribution in [0.25, 0.3) is 0 Å². The van der Waals surface area contributed by atoms with Crippen molar-refractivity contribution in [2.45, 2.75) is 59.4 Å². The maximum atomic E-state index is 12.1. The summed E-state index contributed by atoms with van der Waals surface area (Å²) in [5.74, 6) is 0. The minimum absolute atomic E-state index is 0.140. The Morgan fingerprint density at radius 1 is 1.13 bits per heavy atom. The lowest BCUT2D eigenvalue weighted by Crippen LogP contribution is -2.43. The van der Waals surface area contributed by atoms with Crippen LogP contribution in [0.4, 0.5) is 0 Å². The Balaban J connectivity index is 3.48. The summed E-state index contributed by atoms with van der Waals surface area (Å²) in [4.78, 5) is 13.8. The van der Waals surface area contributed by atoms with Gasteiger partial charge in [0.15, 0.2) is 5.69 Å². The van der Waals surface area contributed by atoms with Crippen molar-refractivity contribution in [3.8, 4) is 0 Å². The molecule has 15 heavy (non-hydrogen) atoms. The number of hydrogen-bond acceptors (Lipinski definition) is 1. The summed E-state index contributed by atoms with van der Waals surface area (Å²) in [6, 6.07) is 0. The Labute approximate surface area is 90.9 Å². The van der Waals surface area contributed by atoms with Gasteiger partial charge in [0.1, 0.15) is 5.54 Å².